The fraction of sp³-hybridized carbons (Fsp3) is 0.375. The molecule has 0 bridgehead atoms. The topological polar surface area (TPSA) is 67.4 Å². The Kier molecular flexibility index (Phi) is 5.89. The van der Waals surface area contributed by atoms with Crippen LogP contribution < -0.4 is 10.6 Å². The van der Waals surface area contributed by atoms with E-state index < -0.39 is 0 Å². The van der Waals surface area contributed by atoms with Crippen molar-refractivity contribution in [3.8, 4) is 0 Å². The van der Waals surface area contributed by atoms with Gasteiger partial charge in [-0.25, -0.2) is 0 Å². The molecule has 2 amide bonds. The summed E-state index contributed by atoms with van der Waals surface area (Å²) in [5.41, 5.74) is 1.20. The minimum Gasteiger partial charge on any atom is -0.487 e. The lowest BCUT2D eigenvalue weighted by molar-refractivity contribution is -0.116. The van der Waals surface area contributed by atoms with E-state index in [1.165, 1.54) is 0 Å². The molecule has 1 aromatic rings. The summed E-state index contributed by atoms with van der Waals surface area (Å²) in [5, 5.41) is 7.37. The molecule has 0 spiro atoms. The molecule has 0 unspecified atom stereocenters. The monoisotopic (exact) mass is 320 g/mol. The van der Waals surface area contributed by atoms with Crippen molar-refractivity contribution in [2.45, 2.75) is 26.3 Å². The molecule has 5 nitrogen and oxygen atoms in total. The molecule has 118 valence electrons. The number of hydrogen-bond acceptors (Lipinski definition) is 4. The van der Waals surface area contributed by atoms with Gasteiger partial charge in [0.1, 0.15) is 0 Å². The van der Waals surface area contributed by atoms with Gasteiger partial charge in [-0.1, -0.05) is 6.92 Å². The minimum atomic E-state index is -0.274. The van der Waals surface area contributed by atoms with Crippen molar-refractivity contribution in [2.24, 2.45) is 0 Å². The highest BCUT2D eigenvalue weighted by molar-refractivity contribution is 8.02. The Balaban J connectivity index is 1.95. The fourth-order valence-electron chi connectivity index (χ4n) is 1.79. The zero-order chi connectivity index (χ0) is 15.9. The van der Waals surface area contributed by atoms with E-state index in [0.717, 1.165) is 12.2 Å². The first-order chi connectivity index (χ1) is 10.6. The summed E-state index contributed by atoms with van der Waals surface area (Å²) in [7, 11) is 0. The average Bonchev–Trinajstić information content (AvgIpc) is 2.56. The van der Waals surface area contributed by atoms with E-state index in [9.17, 15) is 9.59 Å². The predicted octanol–water partition coefficient (Wildman–Crippen LogP) is 2.76. The second-order valence-corrected chi connectivity index (χ2v) is 5.99. The van der Waals surface area contributed by atoms with E-state index in [1.807, 2.05) is 13.8 Å². The van der Waals surface area contributed by atoms with Gasteiger partial charge in [0.05, 0.1) is 6.61 Å². The van der Waals surface area contributed by atoms with Crippen LogP contribution in [-0.4, -0.2) is 30.2 Å². The molecular weight excluding hydrogens is 300 g/mol. The third-order valence-electron chi connectivity index (χ3n) is 3.27. The first-order valence-electron chi connectivity index (χ1n) is 7.27. The maximum Gasteiger partial charge on any atom is 0.291 e. The molecule has 1 aliphatic rings. The van der Waals surface area contributed by atoms with Gasteiger partial charge in [-0.05, 0) is 37.6 Å². The molecule has 0 aliphatic carbocycles. The smallest absolute Gasteiger partial charge is 0.291 e. The van der Waals surface area contributed by atoms with Crippen LogP contribution in [0.1, 0.15) is 30.6 Å². The third-order valence-corrected chi connectivity index (χ3v) is 4.05. The Hall–Kier alpha value is -1.95. The highest BCUT2D eigenvalue weighted by Gasteiger charge is 2.14. The van der Waals surface area contributed by atoms with Gasteiger partial charge in [0.25, 0.3) is 11.8 Å². The highest BCUT2D eigenvalue weighted by Crippen LogP contribution is 2.17. The lowest BCUT2D eigenvalue weighted by atomic mass is 10.1. The Morgan fingerprint density at radius 1 is 1.27 bits per heavy atom. The lowest BCUT2D eigenvalue weighted by Gasteiger charge is -2.14. The van der Waals surface area contributed by atoms with Crippen LogP contribution in [0.4, 0.5) is 5.69 Å². The van der Waals surface area contributed by atoms with Crippen LogP contribution in [0.25, 0.3) is 0 Å². The summed E-state index contributed by atoms with van der Waals surface area (Å²) in [6.45, 7) is 4.52. The standard InChI is InChI=1S/C16H20N2O3S/c1-3-11(2)17-15(19)12-4-6-13(7-5-12)18-16(20)14-10-22-9-8-21-14/h4-7,10-11H,3,8-9H2,1-2H3,(H,17,19)(H,18,20)/t11-/m1/s1. The Morgan fingerprint density at radius 3 is 2.59 bits per heavy atom. The van der Waals surface area contributed by atoms with Crippen molar-refractivity contribution in [1.29, 1.82) is 0 Å². The second kappa shape index (κ2) is 7.89. The molecular formula is C16H20N2O3S. The molecule has 2 N–H and O–H groups in total. The van der Waals surface area contributed by atoms with Crippen molar-refractivity contribution >= 4 is 29.3 Å². The van der Waals surface area contributed by atoms with Gasteiger partial charge in [-0.15, -0.1) is 11.8 Å². The number of anilines is 1. The Bertz CT molecular complexity index is 569. The quantitative estimate of drug-likeness (QED) is 0.875. The van der Waals surface area contributed by atoms with E-state index in [2.05, 4.69) is 10.6 Å². The van der Waals surface area contributed by atoms with Gasteiger partial charge in [-0.3, -0.25) is 9.59 Å². The number of nitrogens with one attached hydrogen (secondary N) is 2. The number of hydrogen-bond donors (Lipinski definition) is 2. The molecule has 6 heteroatoms. The molecule has 0 aromatic heterocycles. The molecule has 0 radical (unpaired) electrons. The van der Waals surface area contributed by atoms with Crippen LogP contribution >= 0.6 is 11.8 Å². The molecule has 1 aromatic carbocycles. The van der Waals surface area contributed by atoms with Crippen molar-refractivity contribution in [3.63, 3.8) is 0 Å². The Morgan fingerprint density at radius 2 is 2.00 bits per heavy atom. The zero-order valence-electron chi connectivity index (χ0n) is 12.7. The highest BCUT2D eigenvalue weighted by atomic mass is 32.2. The van der Waals surface area contributed by atoms with Crippen molar-refractivity contribution in [3.05, 3.63) is 41.0 Å². The van der Waals surface area contributed by atoms with Gasteiger partial charge >= 0.3 is 0 Å². The summed E-state index contributed by atoms with van der Waals surface area (Å²) < 4.78 is 5.29. The number of benzene rings is 1. The number of amides is 2. The molecule has 0 saturated carbocycles. The van der Waals surface area contributed by atoms with Crippen LogP contribution in [0.2, 0.25) is 0 Å². The van der Waals surface area contributed by atoms with E-state index in [-0.39, 0.29) is 17.9 Å². The summed E-state index contributed by atoms with van der Waals surface area (Å²) in [6, 6.07) is 6.94. The number of carbonyl (C=O) groups excluding carboxylic acids is 2. The van der Waals surface area contributed by atoms with Crippen LogP contribution in [-0.2, 0) is 9.53 Å². The van der Waals surface area contributed by atoms with Gasteiger partial charge in [0.2, 0.25) is 0 Å². The SMILES string of the molecule is CC[C@@H](C)NC(=O)c1ccc(NC(=O)C2=CSCCO2)cc1. The summed E-state index contributed by atoms with van der Waals surface area (Å²) in [6.07, 6.45) is 0.882. The Labute approximate surface area is 134 Å². The summed E-state index contributed by atoms with van der Waals surface area (Å²) in [4.78, 5) is 23.9. The van der Waals surface area contributed by atoms with E-state index in [0.29, 0.717) is 23.6 Å². The number of ether oxygens (including phenoxy) is 1. The maximum atomic E-state index is 12.0. The summed E-state index contributed by atoms with van der Waals surface area (Å²) in [5.74, 6) is 0.803. The van der Waals surface area contributed by atoms with E-state index >= 15 is 0 Å². The van der Waals surface area contributed by atoms with Crippen LogP contribution in [0.5, 0.6) is 0 Å². The van der Waals surface area contributed by atoms with E-state index in [1.54, 1.807) is 41.4 Å². The molecule has 2 rings (SSSR count). The fourth-order valence-corrected chi connectivity index (χ4v) is 2.42. The maximum absolute atomic E-state index is 12.0. The molecule has 22 heavy (non-hydrogen) atoms. The van der Waals surface area contributed by atoms with Crippen LogP contribution in [0, 0.1) is 0 Å². The number of carbonyl (C=O) groups is 2. The first-order valence-corrected chi connectivity index (χ1v) is 8.32. The van der Waals surface area contributed by atoms with Crippen LogP contribution in [0.3, 0.4) is 0 Å². The minimum absolute atomic E-state index is 0.109. The predicted molar refractivity (Wildman–Crippen MR) is 88.8 cm³/mol. The second-order valence-electron chi connectivity index (χ2n) is 5.02. The molecule has 0 fully saturated rings. The van der Waals surface area contributed by atoms with Crippen molar-refractivity contribution < 1.29 is 14.3 Å². The summed E-state index contributed by atoms with van der Waals surface area (Å²) >= 11 is 1.56. The molecule has 0 saturated heterocycles. The van der Waals surface area contributed by atoms with E-state index in [4.69, 9.17) is 4.74 Å². The van der Waals surface area contributed by atoms with Crippen LogP contribution in [0.15, 0.2) is 35.4 Å². The largest absolute Gasteiger partial charge is 0.487 e. The van der Waals surface area contributed by atoms with Gasteiger partial charge in [0.15, 0.2) is 5.76 Å². The van der Waals surface area contributed by atoms with Gasteiger partial charge < -0.3 is 15.4 Å². The van der Waals surface area contributed by atoms with Gasteiger partial charge in [-0.2, -0.15) is 0 Å². The van der Waals surface area contributed by atoms with Crippen molar-refractivity contribution in [1.82, 2.24) is 5.32 Å². The van der Waals surface area contributed by atoms with Crippen molar-refractivity contribution in [2.75, 3.05) is 17.7 Å². The molecule has 1 aliphatic heterocycles. The first kappa shape index (κ1) is 16.4. The number of thioether (sulfide) groups is 1. The molecule has 1 atom stereocenters. The average molecular weight is 320 g/mol. The lowest BCUT2D eigenvalue weighted by Crippen LogP contribution is -2.31. The third kappa shape index (κ3) is 4.53. The normalized spacial score (nSPS) is 15.3. The molecule has 1 heterocycles. The zero-order valence-corrected chi connectivity index (χ0v) is 13.5. The number of rotatable bonds is 5. The van der Waals surface area contributed by atoms with Gasteiger partial charge in [0, 0.05) is 28.5 Å².